The van der Waals surface area contributed by atoms with Gasteiger partial charge in [-0.3, -0.25) is 19.1 Å². The first-order chi connectivity index (χ1) is 19.3. The summed E-state index contributed by atoms with van der Waals surface area (Å²) in [6.07, 6.45) is 5.04. The molecule has 3 N–H and O–H groups in total. The van der Waals surface area contributed by atoms with Gasteiger partial charge in [0.1, 0.15) is 5.82 Å². The summed E-state index contributed by atoms with van der Waals surface area (Å²) >= 11 is 0. The van der Waals surface area contributed by atoms with Crippen LogP contribution in [0.4, 0.5) is 5.82 Å². The van der Waals surface area contributed by atoms with Crippen LogP contribution in [0.2, 0.25) is 0 Å². The fourth-order valence-corrected chi connectivity index (χ4v) is 4.85. The summed E-state index contributed by atoms with van der Waals surface area (Å²) in [5.74, 6) is -1.87. The summed E-state index contributed by atoms with van der Waals surface area (Å²) in [6, 6.07) is 18.2. The van der Waals surface area contributed by atoms with Crippen molar-refractivity contribution in [3.8, 4) is 22.3 Å². The van der Waals surface area contributed by atoms with E-state index in [1.54, 1.807) is 60.3 Å². The normalized spacial score (nSPS) is 16.5. The average Bonchev–Trinajstić information content (AvgIpc) is 3.60. The number of nitrogens with zero attached hydrogens (tertiary/aromatic N) is 4. The first kappa shape index (κ1) is 26.6. The predicted molar refractivity (Wildman–Crippen MR) is 150 cm³/mol. The van der Waals surface area contributed by atoms with Gasteiger partial charge in [0.2, 0.25) is 0 Å². The molecule has 1 saturated heterocycles. The Kier molecular flexibility index (Phi) is 7.59. The number of anilines is 1. The van der Waals surface area contributed by atoms with Crippen LogP contribution in [0.5, 0.6) is 0 Å². The number of nitrogens with two attached hydrogens (primary N) is 1. The lowest BCUT2D eigenvalue weighted by molar-refractivity contribution is -0.147. The number of aromatic nitrogens is 3. The Morgan fingerprint density at radius 3 is 2.38 bits per heavy atom. The molecular formula is C30H30N6O4. The predicted octanol–water partition coefficient (Wildman–Crippen LogP) is 3.17. The second-order valence-corrected chi connectivity index (χ2v) is 9.65. The van der Waals surface area contributed by atoms with E-state index in [0.29, 0.717) is 11.1 Å². The molecule has 0 aliphatic carbocycles. The summed E-state index contributed by atoms with van der Waals surface area (Å²) in [6.45, 7) is 2.17. The number of amides is 2. The largest absolute Gasteiger partial charge is 0.466 e. The molecule has 0 bridgehead atoms. The molecule has 3 heterocycles. The molecule has 0 saturated carbocycles. The Morgan fingerprint density at radius 2 is 1.70 bits per heavy atom. The lowest BCUT2D eigenvalue weighted by Crippen LogP contribution is -2.43. The van der Waals surface area contributed by atoms with Gasteiger partial charge in [-0.05, 0) is 36.2 Å². The van der Waals surface area contributed by atoms with Crippen molar-refractivity contribution in [1.29, 1.82) is 0 Å². The van der Waals surface area contributed by atoms with E-state index in [-0.39, 0.29) is 37.0 Å². The highest BCUT2D eigenvalue weighted by Gasteiger charge is 2.42. The minimum atomic E-state index is -0.730. The zero-order chi connectivity index (χ0) is 28.2. The maximum absolute atomic E-state index is 13.4. The van der Waals surface area contributed by atoms with E-state index in [4.69, 9.17) is 10.5 Å². The lowest BCUT2D eigenvalue weighted by Gasteiger charge is -2.19. The number of nitrogens with one attached hydrogen (secondary N) is 1. The van der Waals surface area contributed by atoms with Crippen LogP contribution in [0, 0.1) is 5.92 Å². The highest BCUT2D eigenvalue weighted by Crippen LogP contribution is 2.25. The van der Waals surface area contributed by atoms with Crippen LogP contribution in [-0.4, -0.2) is 63.2 Å². The van der Waals surface area contributed by atoms with Gasteiger partial charge in [0.05, 0.1) is 30.3 Å². The number of carbonyl (C=O) groups excluding carboxylic acids is 3. The molecule has 2 aromatic heterocycles. The van der Waals surface area contributed by atoms with Crippen molar-refractivity contribution in [3.63, 3.8) is 0 Å². The molecule has 4 aromatic rings. The van der Waals surface area contributed by atoms with Crippen LogP contribution >= 0.6 is 0 Å². The number of carbonyl (C=O) groups is 3. The van der Waals surface area contributed by atoms with Gasteiger partial charge in [0, 0.05) is 49.2 Å². The molecule has 2 atom stereocenters. The van der Waals surface area contributed by atoms with Crippen LogP contribution in [0.3, 0.4) is 0 Å². The number of aryl methyl sites for hydroxylation is 1. The molecule has 1 aliphatic heterocycles. The van der Waals surface area contributed by atoms with Gasteiger partial charge in [-0.25, -0.2) is 4.98 Å². The third kappa shape index (κ3) is 5.56. The third-order valence-corrected chi connectivity index (χ3v) is 6.95. The molecule has 2 amide bonds. The van der Waals surface area contributed by atoms with E-state index < -0.39 is 23.8 Å². The third-order valence-electron chi connectivity index (χ3n) is 6.95. The van der Waals surface area contributed by atoms with Gasteiger partial charge >= 0.3 is 5.97 Å². The molecule has 40 heavy (non-hydrogen) atoms. The standard InChI is InChI=1S/C30H30N6O4/c1-3-40-30(39)25-17-36(29(38)21-11-9-20(10-12-21)19-7-5-4-6-8-19)18-26(25)34-28(37)24-13-22(14-32-27(24)31)23-15-33-35(2)16-23/h4-16,25-26H,3,17-18H2,1-2H3,(H2,31,32)(H,34,37). The topological polar surface area (TPSA) is 132 Å². The number of pyridine rings is 1. The summed E-state index contributed by atoms with van der Waals surface area (Å²) in [4.78, 5) is 45.3. The number of likely N-dealkylation sites (tertiary alicyclic amines) is 1. The fraction of sp³-hybridized carbons (Fsp3) is 0.233. The van der Waals surface area contributed by atoms with Crippen LogP contribution in [0.15, 0.2) is 79.3 Å². The molecular weight excluding hydrogens is 508 g/mol. The smallest absolute Gasteiger partial charge is 0.312 e. The first-order valence-corrected chi connectivity index (χ1v) is 13.0. The number of hydrogen-bond acceptors (Lipinski definition) is 7. The van der Waals surface area contributed by atoms with Crippen LogP contribution in [0.1, 0.15) is 27.6 Å². The Hall–Kier alpha value is -4.99. The highest BCUT2D eigenvalue weighted by atomic mass is 16.5. The molecule has 204 valence electrons. The number of nitrogen functional groups attached to an aromatic ring is 1. The lowest BCUT2D eigenvalue weighted by atomic mass is 10.0. The monoisotopic (exact) mass is 538 g/mol. The molecule has 1 aliphatic rings. The second-order valence-electron chi connectivity index (χ2n) is 9.65. The summed E-state index contributed by atoms with van der Waals surface area (Å²) in [5.41, 5.74) is 10.2. The van der Waals surface area contributed by atoms with Gasteiger partial charge < -0.3 is 20.7 Å². The highest BCUT2D eigenvalue weighted by molar-refractivity contribution is 6.00. The Morgan fingerprint density at radius 1 is 0.975 bits per heavy atom. The van der Waals surface area contributed by atoms with Crippen molar-refractivity contribution in [1.82, 2.24) is 25.0 Å². The minimum absolute atomic E-state index is 0.0576. The van der Waals surface area contributed by atoms with E-state index >= 15 is 0 Å². The van der Waals surface area contributed by atoms with E-state index in [9.17, 15) is 14.4 Å². The maximum atomic E-state index is 13.4. The van der Waals surface area contributed by atoms with Crippen molar-refractivity contribution in [2.24, 2.45) is 13.0 Å². The molecule has 1 fully saturated rings. The molecule has 10 nitrogen and oxygen atoms in total. The quantitative estimate of drug-likeness (QED) is 0.346. The van der Waals surface area contributed by atoms with Gasteiger partial charge in [-0.15, -0.1) is 0 Å². The number of esters is 1. The molecule has 2 aromatic carbocycles. The minimum Gasteiger partial charge on any atom is -0.466 e. The zero-order valence-electron chi connectivity index (χ0n) is 22.3. The zero-order valence-corrected chi connectivity index (χ0v) is 22.3. The van der Waals surface area contributed by atoms with Crippen molar-refractivity contribution in [2.45, 2.75) is 13.0 Å². The van der Waals surface area contributed by atoms with Gasteiger partial charge in [0.15, 0.2) is 0 Å². The van der Waals surface area contributed by atoms with Crippen LogP contribution < -0.4 is 11.1 Å². The SMILES string of the molecule is CCOC(=O)C1CN(C(=O)c2ccc(-c3ccccc3)cc2)CC1NC(=O)c1cc(-c2cnn(C)c2)cnc1N. The number of ether oxygens (including phenoxy) is 1. The number of hydrogen-bond donors (Lipinski definition) is 2. The molecule has 0 radical (unpaired) electrons. The Balaban J connectivity index is 1.34. The van der Waals surface area contributed by atoms with Crippen molar-refractivity contribution < 1.29 is 19.1 Å². The van der Waals surface area contributed by atoms with Crippen molar-refractivity contribution in [3.05, 3.63) is 90.4 Å². The second kappa shape index (κ2) is 11.4. The van der Waals surface area contributed by atoms with E-state index in [0.717, 1.165) is 16.7 Å². The fourth-order valence-electron chi connectivity index (χ4n) is 4.85. The van der Waals surface area contributed by atoms with Crippen molar-refractivity contribution in [2.75, 3.05) is 25.4 Å². The van der Waals surface area contributed by atoms with Gasteiger partial charge in [0.25, 0.3) is 11.8 Å². The average molecular weight is 539 g/mol. The van der Waals surface area contributed by atoms with Gasteiger partial charge in [-0.2, -0.15) is 5.10 Å². The van der Waals surface area contributed by atoms with Crippen LogP contribution in [-0.2, 0) is 16.6 Å². The Bertz CT molecular complexity index is 1530. The van der Waals surface area contributed by atoms with E-state index in [2.05, 4.69) is 15.4 Å². The maximum Gasteiger partial charge on any atom is 0.312 e. The first-order valence-electron chi connectivity index (χ1n) is 13.0. The molecule has 10 heteroatoms. The number of rotatable bonds is 7. The molecule has 5 rings (SSSR count). The van der Waals surface area contributed by atoms with Crippen LogP contribution in [0.25, 0.3) is 22.3 Å². The van der Waals surface area contributed by atoms with E-state index in [1.165, 1.54) is 0 Å². The Labute approximate surface area is 231 Å². The summed E-state index contributed by atoms with van der Waals surface area (Å²) in [7, 11) is 1.79. The van der Waals surface area contributed by atoms with Gasteiger partial charge in [-0.1, -0.05) is 42.5 Å². The summed E-state index contributed by atoms with van der Waals surface area (Å²) < 4.78 is 6.92. The molecule has 2 unspecified atom stereocenters. The molecule has 0 spiro atoms. The van der Waals surface area contributed by atoms with Crippen molar-refractivity contribution >= 4 is 23.6 Å². The van der Waals surface area contributed by atoms with E-state index in [1.807, 2.05) is 42.5 Å². The summed E-state index contributed by atoms with van der Waals surface area (Å²) in [5, 5.41) is 7.06. The number of benzene rings is 2.